The van der Waals surface area contributed by atoms with Gasteiger partial charge in [0, 0.05) is 22.4 Å². The molecule has 2 unspecified atom stereocenters. The Morgan fingerprint density at radius 2 is 1.80 bits per heavy atom. The van der Waals surface area contributed by atoms with Gasteiger partial charge in [-0.05, 0) is 50.6 Å². The normalized spacial score (nSPS) is 32.4. The third-order valence-corrected chi connectivity index (χ3v) is 7.94. The highest BCUT2D eigenvalue weighted by Crippen LogP contribution is 2.51. The molecule has 3 aliphatic rings. The first kappa shape index (κ1) is 23.1. The number of benzene rings is 2. The number of phenolic OH excluding ortho intramolecular Hbond substituents is 1. The summed E-state index contributed by atoms with van der Waals surface area (Å²) >= 11 is 0. The second-order valence-electron chi connectivity index (χ2n) is 9.99. The van der Waals surface area contributed by atoms with Crippen molar-refractivity contribution in [2.24, 2.45) is 29.4 Å². The van der Waals surface area contributed by atoms with Gasteiger partial charge >= 0.3 is 0 Å². The van der Waals surface area contributed by atoms with Crippen LogP contribution in [0, 0.1) is 23.7 Å². The number of fused-ring (bicyclic) bond motifs is 4. The van der Waals surface area contributed by atoms with Gasteiger partial charge in [-0.1, -0.05) is 12.1 Å². The molecule has 10 nitrogen and oxygen atoms in total. The van der Waals surface area contributed by atoms with E-state index in [2.05, 4.69) is 0 Å². The van der Waals surface area contributed by atoms with Crippen LogP contribution in [0.2, 0.25) is 0 Å². The molecule has 2 aromatic rings. The van der Waals surface area contributed by atoms with E-state index in [1.807, 2.05) is 0 Å². The first-order chi connectivity index (χ1) is 16.4. The molecule has 6 atom stereocenters. The minimum absolute atomic E-state index is 0.00691. The number of carbonyl (C=O) groups is 5. The van der Waals surface area contributed by atoms with E-state index in [0.717, 1.165) is 0 Å². The standard InChI is InChI=1S/C25H25N3O7/c1-28(2)18-13-8-10-6-9-7-12-11(4-3-5-14(12)26)19(29)15(9)20(30)16(10)22(32)25(13,35)23(33)17(21(18)31)24(27)34/h3-5,7,10,13,16-18,29,35H,6,8,26H2,1-2H3,(H2,27,34)/t10-,13-,16?,17?,18-,25-/m0/s1. The summed E-state index contributed by atoms with van der Waals surface area (Å²) in [6, 6.07) is 5.48. The van der Waals surface area contributed by atoms with Gasteiger partial charge in [0.2, 0.25) is 5.91 Å². The van der Waals surface area contributed by atoms with Gasteiger partial charge in [0.15, 0.2) is 34.7 Å². The van der Waals surface area contributed by atoms with E-state index in [4.69, 9.17) is 11.5 Å². The number of hydrogen-bond acceptors (Lipinski definition) is 9. The minimum Gasteiger partial charge on any atom is -0.507 e. The lowest BCUT2D eigenvalue weighted by atomic mass is 9.52. The Morgan fingerprint density at radius 3 is 2.43 bits per heavy atom. The van der Waals surface area contributed by atoms with E-state index in [9.17, 15) is 34.2 Å². The van der Waals surface area contributed by atoms with Crippen LogP contribution in [-0.4, -0.2) is 69.9 Å². The van der Waals surface area contributed by atoms with Gasteiger partial charge in [-0.15, -0.1) is 0 Å². The van der Waals surface area contributed by atoms with Crippen LogP contribution in [0.1, 0.15) is 22.3 Å². The molecule has 6 N–H and O–H groups in total. The van der Waals surface area contributed by atoms with Crippen molar-refractivity contribution in [3.63, 3.8) is 0 Å². The largest absolute Gasteiger partial charge is 0.507 e. The number of nitrogens with two attached hydrogens (primary N) is 2. The molecule has 35 heavy (non-hydrogen) atoms. The van der Waals surface area contributed by atoms with Gasteiger partial charge in [-0.2, -0.15) is 0 Å². The fraction of sp³-hybridized carbons (Fsp3) is 0.400. The maximum atomic E-state index is 13.7. The molecule has 0 aliphatic heterocycles. The number of Topliss-reactive ketones (excluding diaryl/α,β-unsaturated/α-hetero) is 4. The van der Waals surface area contributed by atoms with Gasteiger partial charge in [0.25, 0.3) is 0 Å². The van der Waals surface area contributed by atoms with E-state index < -0.39 is 64.4 Å². The lowest BCUT2D eigenvalue weighted by Gasteiger charge is -2.52. The Morgan fingerprint density at radius 1 is 1.11 bits per heavy atom. The Kier molecular flexibility index (Phi) is 4.91. The molecule has 0 aromatic heterocycles. The van der Waals surface area contributed by atoms with Crippen LogP contribution in [0.4, 0.5) is 5.69 Å². The zero-order valence-electron chi connectivity index (χ0n) is 19.1. The van der Waals surface area contributed by atoms with Crippen molar-refractivity contribution in [3.8, 4) is 5.75 Å². The monoisotopic (exact) mass is 479 g/mol. The summed E-state index contributed by atoms with van der Waals surface area (Å²) in [7, 11) is 3.09. The summed E-state index contributed by atoms with van der Waals surface area (Å²) in [4.78, 5) is 67.1. The molecule has 1 amide bonds. The van der Waals surface area contributed by atoms with Gasteiger partial charge in [0.05, 0.1) is 17.5 Å². The molecule has 2 aromatic carbocycles. The van der Waals surface area contributed by atoms with Gasteiger partial charge in [0.1, 0.15) is 5.75 Å². The van der Waals surface area contributed by atoms with Gasteiger partial charge in [-0.25, -0.2) is 0 Å². The summed E-state index contributed by atoms with van der Waals surface area (Å²) in [5.74, 6) is -10.6. The topological polar surface area (TPSA) is 181 Å². The molecule has 0 heterocycles. The van der Waals surface area contributed by atoms with Crippen LogP contribution in [0.5, 0.6) is 5.75 Å². The predicted octanol–water partition coefficient (Wildman–Crippen LogP) is -0.398. The Balaban J connectivity index is 1.68. The molecule has 0 radical (unpaired) electrons. The number of carbonyl (C=O) groups excluding carboxylic acids is 5. The molecule has 0 bridgehead atoms. The summed E-state index contributed by atoms with van der Waals surface area (Å²) in [5, 5.41) is 23.4. The number of rotatable bonds is 2. The Bertz CT molecular complexity index is 1370. The number of hydrogen-bond donors (Lipinski definition) is 4. The quantitative estimate of drug-likeness (QED) is 0.329. The van der Waals surface area contributed by atoms with E-state index in [1.165, 1.54) is 4.90 Å². The minimum atomic E-state index is -2.73. The number of aromatic hydroxyl groups is 1. The highest BCUT2D eigenvalue weighted by Gasteiger charge is 2.69. The molecule has 5 rings (SSSR count). The first-order valence-corrected chi connectivity index (χ1v) is 11.3. The van der Waals surface area contributed by atoms with Crippen LogP contribution in [0.15, 0.2) is 24.3 Å². The van der Waals surface area contributed by atoms with Crippen molar-refractivity contribution < 1.29 is 34.2 Å². The number of aliphatic hydroxyl groups is 1. The van der Waals surface area contributed by atoms with Crippen LogP contribution >= 0.6 is 0 Å². The number of phenols is 1. The molecular weight excluding hydrogens is 454 g/mol. The molecule has 2 fully saturated rings. The van der Waals surface area contributed by atoms with Crippen molar-refractivity contribution in [2.75, 3.05) is 19.8 Å². The summed E-state index contributed by atoms with van der Waals surface area (Å²) < 4.78 is 0. The van der Waals surface area contributed by atoms with E-state index in [-0.39, 0.29) is 24.2 Å². The number of primary amides is 1. The molecule has 0 spiro atoms. The van der Waals surface area contributed by atoms with Gasteiger partial charge in [-0.3, -0.25) is 28.9 Å². The van der Waals surface area contributed by atoms with Crippen molar-refractivity contribution in [1.82, 2.24) is 4.90 Å². The maximum absolute atomic E-state index is 13.7. The Labute approximate surface area is 199 Å². The lowest BCUT2D eigenvalue weighted by Crippen LogP contribution is -2.74. The van der Waals surface area contributed by atoms with E-state index in [0.29, 0.717) is 22.0 Å². The van der Waals surface area contributed by atoms with Crippen LogP contribution in [0.25, 0.3) is 10.8 Å². The molecule has 182 valence electrons. The SMILES string of the molecule is CN(C)[C@@H]1C(=O)C(C(N)=O)C(=O)[C@@]2(O)C(=O)C3C(=O)c4c(cc5c(N)cccc5c4O)C[C@H]3C[C@@H]12. The predicted molar refractivity (Wildman–Crippen MR) is 123 cm³/mol. The summed E-state index contributed by atoms with van der Waals surface area (Å²) in [6.45, 7) is 0. The van der Waals surface area contributed by atoms with Gasteiger partial charge < -0.3 is 21.7 Å². The van der Waals surface area contributed by atoms with Crippen molar-refractivity contribution in [1.29, 1.82) is 0 Å². The third kappa shape index (κ3) is 2.86. The molecule has 0 saturated heterocycles. The summed E-state index contributed by atoms with van der Waals surface area (Å²) in [5.41, 5.74) is 9.52. The highest BCUT2D eigenvalue weighted by atomic mass is 16.3. The average Bonchev–Trinajstić information content (AvgIpc) is 2.76. The third-order valence-electron chi connectivity index (χ3n) is 7.94. The zero-order valence-corrected chi connectivity index (χ0v) is 19.1. The van der Waals surface area contributed by atoms with E-state index >= 15 is 0 Å². The van der Waals surface area contributed by atoms with E-state index in [1.54, 1.807) is 38.4 Å². The van der Waals surface area contributed by atoms with Crippen LogP contribution in [0.3, 0.4) is 0 Å². The number of nitrogen functional groups attached to an aromatic ring is 1. The number of nitrogens with zero attached hydrogens (tertiary/aromatic N) is 1. The number of amides is 1. The van der Waals surface area contributed by atoms with Crippen LogP contribution in [-0.2, 0) is 25.6 Å². The number of likely N-dealkylation sites (N-methyl/N-ethyl adjacent to an activating group) is 1. The zero-order chi connectivity index (χ0) is 25.6. The smallest absolute Gasteiger partial charge is 0.235 e. The van der Waals surface area contributed by atoms with Crippen molar-refractivity contribution >= 4 is 45.5 Å². The molecule has 10 heteroatoms. The molecule has 3 aliphatic carbocycles. The van der Waals surface area contributed by atoms with Crippen LogP contribution < -0.4 is 11.5 Å². The molecule has 2 saturated carbocycles. The first-order valence-electron chi connectivity index (χ1n) is 11.3. The Hall–Kier alpha value is -3.63. The van der Waals surface area contributed by atoms with Crippen molar-refractivity contribution in [3.05, 3.63) is 35.4 Å². The fourth-order valence-corrected chi connectivity index (χ4v) is 6.42. The summed E-state index contributed by atoms with van der Waals surface area (Å²) in [6.07, 6.45) is 0.205. The maximum Gasteiger partial charge on any atom is 0.235 e. The van der Waals surface area contributed by atoms with Crippen molar-refractivity contribution in [2.45, 2.75) is 24.5 Å². The lowest BCUT2D eigenvalue weighted by molar-refractivity contribution is -0.181. The average molecular weight is 479 g/mol. The molecular formula is C25H25N3O7. The number of anilines is 1. The fourth-order valence-electron chi connectivity index (χ4n) is 6.42. The second kappa shape index (κ2) is 7.43. The highest BCUT2D eigenvalue weighted by molar-refractivity contribution is 6.32. The number of ketones is 4. The second-order valence-corrected chi connectivity index (χ2v) is 9.99.